The molecule has 1 atom stereocenters. The summed E-state index contributed by atoms with van der Waals surface area (Å²) in [4.78, 5) is 14.3. The van der Waals surface area contributed by atoms with E-state index in [0.29, 0.717) is 5.92 Å². The van der Waals surface area contributed by atoms with Crippen molar-refractivity contribution in [3.8, 4) is 0 Å². The van der Waals surface area contributed by atoms with Crippen LogP contribution in [-0.2, 0) is 0 Å². The van der Waals surface area contributed by atoms with E-state index in [4.69, 9.17) is 0 Å². The van der Waals surface area contributed by atoms with Crippen molar-refractivity contribution in [2.75, 3.05) is 13.1 Å². The molecule has 0 radical (unpaired) electrons. The van der Waals surface area contributed by atoms with E-state index in [2.05, 4.69) is 38.8 Å². The van der Waals surface area contributed by atoms with Crippen LogP contribution < -0.4 is 0 Å². The smallest absolute Gasteiger partial charge is 0.253 e. The Morgan fingerprint density at radius 1 is 1.35 bits per heavy atom. The fraction of sp³-hybridized carbons (Fsp3) is 0.462. The molecule has 2 nitrogen and oxygen atoms in total. The number of hydrogen-bond donors (Lipinski definition) is 0. The molecular formula is C13H15Br2NO. The van der Waals surface area contributed by atoms with E-state index in [0.717, 1.165) is 40.4 Å². The maximum atomic E-state index is 12.3. The molecule has 4 heteroatoms. The quantitative estimate of drug-likeness (QED) is 0.777. The molecule has 0 bridgehead atoms. The van der Waals surface area contributed by atoms with E-state index >= 15 is 0 Å². The minimum absolute atomic E-state index is 0.142. The Hall–Kier alpha value is -0.350. The normalized spacial score (nSPS) is 19.7. The van der Waals surface area contributed by atoms with E-state index in [1.165, 1.54) is 0 Å². The first-order chi connectivity index (χ1) is 8.10. The standard InChI is InChI=1S/C13H15Br2NO/c1-2-9-3-4-16(8-9)13(17)10-5-11(14)7-12(15)6-10/h5-7,9H,2-4,8H2,1H3. The zero-order valence-corrected chi connectivity index (χ0v) is 12.9. The molecule has 1 aromatic carbocycles. The molecule has 1 heterocycles. The number of amides is 1. The minimum atomic E-state index is 0.142. The Labute approximate surface area is 119 Å². The molecule has 1 aliphatic heterocycles. The van der Waals surface area contributed by atoms with Crippen LogP contribution in [0.3, 0.4) is 0 Å². The molecule has 1 unspecified atom stereocenters. The molecule has 0 aromatic heterocycles. The number of nitrogens with zero attached hydrogens (tertiary/aromatic N) is 1. The monoisotopic (exact) mass is 359 g/mol. The molecule has 0 spiro atoms. The van der Waals surface area contributed by atoms with E-state index in [1.54, 1.807) is 0 Å². The van der Waals surface area contributed by atoms with Gasteiger partial charge in [-0.1, -0.05) is 45.2 Å². The van der Waals surface area contributed by atoms with Crippen molar-refractivity contribution < 1.29 is 4.79 Å². The summed E-state index contributed by atoms with van der Waals surface area (Å²) in [7, 11) is 0. The second-order valence-corrected chi connectivity index (χ2v) is 6.30. The first-order valence-electron chi connectivity index (χ1n) is 5.85. The highest BCUT2D eigenvalue weighted by molar-refractivity contribution is 9.11. The third kappa shape index (κ3) is 3.10. The van der Waals surface area contributed by atoms with Crippen molar-refractivity contribution in [3.05, 3.63) is 32.7 Å². The largest absolute Gasteiger partial charge is 0.338 e. The van der Waals surface area contributed by atoms with Gasteiger partial charge in [0, 0.05) is 27.6 Å². The third-order valence-electron chi connectivity index (χ3n) is 3.26. The van der Waals surface area contributed by atoms with Crippen molar-refractivity contribution in [3.63, 3.8) is 0 Å². The summed E-state index contributed by atoms with van der Waals surface area (Å²) >= 11 is 6.83. The van der Waals surface area contributed by atoms with Gasteiger partial charge in [-0.15, -0.1) is 0 Å². The van der Waals surface area contributed by atoms with Crippen molar-refractivity contribution >= 4 is 37.8 Å². The molecule has 2 rings (SSSR count). The van der Waals surface area contributed by atoms with Crippen molar-refractivity contribution in [1.82, 2.24) is 4.90 Å². The second-order valence-electron chi connectivity index (χ2n) is 4.47. The number of likely N-dealkylation sites (tertiary alicyclic amines) is 1. The van der Waals surface area contributed by atoms with Gasteiger partial charge in [-0.25, -0.2) is 0 Å². The first-order valence-corrected chi connectivity index (χ1v) is 7.44. The maximum Gasteiger partial charge on any atom is 0.253 e. The highest BCUT2D eigenvalue weighted by atomic mass is 79.9. The van der Waals surface area contributed by atoms with Crippen molar-refractivity contribution in [1.29, 1.82) is 0 Å². The molecule has 0 N–H and O–H groups in total. The zero-order chi connectivity index (χ0) is 12.4. The van der Waals surface area contributed by atoms with Gasteiger partial charge in [-0.3, -0.25) is 4.79 Å². The van der Waals surface area contributed by atoms with Gasteiger partial charge in [0.05, 0.1) is 0 Å². The first kappa shape index (κ1) is 13.1. The summed E-state index contributed by atoms with van der Waals surface area (Å²) in [5, 5.41) is 0. The molecule has 17 heavy (non-hydrogen) atoms. The van der Waals surface area contributed by atoms with Crippen LogP contribution in [0.25, 0.3) is 0 Å². The fourth-order valence-electron chi connectivity index (χ4n) is 2.21. The van der Waals surface area contributed by atoms with Gasteiger partial charge in [-0.2, -0.15) is 0 Å². The van der Waals surface area contributed by atoms with Crippen LogP contribution in [0, 0.1) is 5.92 Å². The summed E-state index contributed by atoms with van der Waals surface area (Å²) in [6.45, 7) is 3.98. The molecule has 92 valence electrons. The SMILES string of the molecule is CCC1CCN(C(=O)c2cc(Br)cc(Br)c2)C1. The Balaban J connectivity index is 2.14. The lowest BCUT2D eigenvalue weighted by Gasteiger charge is -2.16. The highest BCUT2D eigenvalue weighted by Crippen LogP contribution is 2.24. The number of carbonyl (C=O) groups excluding carboxylic acids is 1. The Morgan fingerprint density at radius 2 is 2.00 bits per heavy atom. The average molecular weight is 361 g/mol. The highest BCUT2D eigenvalue weighted by Gasteiger charge is 2.25. The molecule has 1 saturated heterocycles. The van der Waals surface area contributed by atoms with Gasteiger partial charge in [0.15, 0.2) is 0 Å². The van der Waals surface area contributed by atoms with Crippen LogP contribution >= 0.6 is 31.9 Å². The zero-order valence-electron chi connectivity index (χ0n) is 9.75. The van der Waals surface area contributed by atoms with Crippen LogP contribution in [0.2, 0.25) is 0 Å². The van der Waals surface area contributed by atoms with E-state index < -0.39 is 0 Å². The lowest BCUT2D eigenvalue weighted by Crippen LogP contribution is -2.28. The second kappa shape index (κ2) is 5.53. The van der Waals surface area contributed by atoms with Gasteiger partial charge in [-0.05, 0) is 30.5 Å². The number of halogens is 2. The molecule has 0 aliphatic carbocycles. The number of benzene rings is 1. The van der Waals surface area contributed by atoms with Crippen molar-refractivity contribution in [2.24, 2.45) is 5.92 Å². The number of hydrogen-bond acceptors (Lipinski definition) is 1. The Kier molecular flexibility index (Phi) is 4.26. The lowest BCUT2D eigenvalue weighted by molar-refractivity contribution is 0.0787. The molecule has 1 amide bonds. The summed E-state index contributed by atoms with van der Waals surface area (Å²) < 4.78 is 1.86. The van der Waals surface area contributed by atoms with Crippen molar-refractivity contribution in [2.45, 2.75) is 19.8 Å². The molecule has 1 aromatic rings. The Bertz CT molecular complexity index is 413. The summed E-state index contributed by atoms with van der Waals surface area (Å²) in [5.41, 5.74) is 0.753. The van der Waals surface area contributed by atoms with Crippen LogP contribution in [0.5, 0.6) is 0 Å². The topological polar surface area (TPSA) is 20.3 Å². The predicted octanol–water partition coefficient (Wildman–Crippen LogP) is 4.08. The molecular weight excluding hydrogens is 346 g/mol. The van der Waals surface area contributed by atoms with Crippen LogP contribution in [0.15, 0.2) is 27.1 Å². The Morgan fingerprint density at radius 3 is 2.53 bits per heavy atom. The van der Waals surface area contributed by atoms with Crippen LogP contribution in [0.4, 0.5) is 0 Å². The summed E-state index contributed by atoms with van der Waals surface area (Å²) in [6, 6.07) is 5.70. The van der Waals surface area contributed by atoms with E-state index in [1.807, 2.05) is 23.1 Å². The lowest BCUT2D eigenvalue weighted by atomic mass is 10.1. The van der Waals surface area contributed by atoms with Gasteiger partial charge < -0.3 is 4.90 Å². The maximum absolute atomic E-state index is 12.3. The van der Waals surface area contributed by atoms with Crippen LogP contribution in [-0.4, -0.2) is 23.9 Å². The van der Waals surface area contributed by atoms with Gasteiger partial charge >= 0.3 is 0 Å². The minimum Gasteiger partial charge on any atom is -0.338 e. The molecule has 0 saturated carbocycles. The summed E-state index contributed by atoms with van der Waals surface area (Å²) in [6.07, 6.45) is 2.30. The summed E-state index contributed by atoms with van der Waals surface area (Å²) in [5.74, 6) is 0.817. The van der Waals surface area contributed by atoms with E-state index in [-0.39, 0.29) is 5.91 Å². The fourth-order valence-corrected chi connectivity index (χ4v) is 3.50. The number of rotatable bonds is 2. The predicted molar refractivity (Wildman–Crippen MR) is 76.1 cm³/mol. The van der Waals surface area contributed by atoms with Crippen LogP contribution in [0.1, 0.15) is 30.1 Å². The molecule has 1 aliphatic rings. The van der Waals surface area contributed by atoms with E-state index in [9.17, 15) is 4.79 Å². The van der Waals surface area contributed by atoms with Gasteiger partial charge in [0.2, 0.25) is 0 Å². The molecule has 1 fully saturated rings. The van der Waals surface area contributed by atoms with Gasteiger partial charge in [0.25, 0.3) is 5.91 Å². The third-order valence-corrected chi connectivity index (χ3v) is 4.18. The average Bonchev–Trinajstić information content (AvgIpc) is 2.75. The number of carbonyl (C=O) groups is 1. The van der Waals surface area contributed by atoms with Gasteiger partial charge in [0.1, 0.15) is 0 Å².